The molecule has 1 aromatic heterocycles. The number of hydrogen-bond acceptors (Lipinski definition) is 6. The Bertz CT molecular complexity index is 1570. The van der Waals surface area contributed by atoms with Gasteiger partial charge < -0.3 is 19.9 Å². The molecule has 38 heavy (non-hydrogen) atoms. The molecule has 0 aliphatic carbocycles. The van der Waals surface area contributed by atoms with Crippen molar-refractivity contribution in [2.24, 2.45) is 5.73 Å². The molecule has 0 amide bonds. The molecule has 5 rings (SSSR count). The quantitative estimate of drug-likeness (QED) is 0.277. The van der Waals surface area contributed by atoms with Crippen LogP contribution in [0.4, 0.5) is 0 Å². The van der Waals surface area contributed by atoms with Crippen molar-refractivity contribution in [3.05, 3.63) is 111 Å². The molecular weight excluding hydrogens is 523 g/mol. The Labute approximate surface area is 230 Å². The second kappa shape index (κ2) is 10.7. The Morgan fingerprint density at radius 2 is 1.84 bits per heavy atom. The van der Waals surface area contributed by atoms with Crippen LogP contribution in [0.25, 0.3) is 5.69 Å². The van der Waals surface area contributed by atoms with Crippen LogP contribution >= 0.6 is 23.2 Å². The first-order valence-corrected chi connectivity index (χ1v) is 12.7. The van der Waals surface area contributed by atoms with Crippen molar-refractivity contribution in [1.29, 1.82) is 5.26 Å². The van der Waals surface area contributed by atoms with Crippen LogP contribution in [0.5, 0.6) is 17.4 Å². The number of nitrogens with two attached hydrogens (primary N) is 1. The summed E-state index contributed by atoms with van der Waals surface area (Å²) in [7, 11) is 0. The lowest BCUT2D eigenvalue weighted by Gasteiger charge is -2.25. The van der Waals surface area contributed by atoms with Crippen molar-refractivity contribution >= 4 is 23.2 Å². The molecule has 0 bridgehead atoms. The van der Waals surface area contributed by atoms with E-state index in [0.29, 0.717) is 39.6 Å². The van der Waals surface area contributed by atoms with Gasteiger partial charge in [0.25, 0.3) is 0 Å². The zero-order valence-electron chi connectivity index (χ0n) is 20.7. The fourth-order valence-electron chi connectivity index (χ4n) is 4.48. The van der Waals surface area contributed by atoms with Gasteiger partial charge in [0.15, 0.2) is 11.5 Å². The first kappa shape index (κ1) is 25.5. The van der Waals surface area contributed by atoms with Crippen LogP contribution < -0.4 is 19.9 Å². The van der Waals surface area contributed by atoms with Gasteiger partial charge in [0.1, 0.15) is 18.2 Å². The topological polar surface area (TPSA) is 95.3 Å². The molecule has 0 fully saturated rings. The maximum Gasteiger partial charge on any atom is 0.229 e. The maximum atomic E-state index is 10.0. The molecule has 2 heterocycles. The molecule has 4 aromatic rings. The first-order chi connectivity index (χ1) is 18.4. The molecule has 2 N–H and O–H groups in total. The fraction of sp³-hybridized carbons (Fsp3) is 0.172. The van der Waals surface area contributed by atoms with Crippen molar-refractivity contribution < 1.29 is 14.2 Å². The molecule has 7 nitrogen and oxygen atoms in total. The summed E-state index contributed by atoms with van der Waals surface area (Å²) in [6.45, 7) is 4.44. The molecule has 0 saturated carbocycles. The Morgan fingerprint density at radius 1 is 1.05 bits per heavy atom. The van der Waals surface area contributed by atoms with E-state index < -0.39 is 5.92 Å². The SMILES string of the molecule is CCOc1cc([C@@H]2C(C#N)=C(N)Oc3c2c(C)nn3-c2ccccc2)ccc1OCc1ccc(Cl)cc1Cl. The number of benzene rings is 3. The summed E-state index contributed by atoms with van der Waals surface area (Å²) < 4.78 is 19.7. The summed E-state index contributed by atoms with van der Waals surface area (Å²) in [4.78, 5) is 0. The molecule has 0 spiro atoms. The zero-order valence-corrected chi connectivity index (χ0v) is 22.3. The van der Waals surface area contributed by atoms with E-state index in [2.05, 4.69) is 6.07 Å². The van der Waals surface area contributed by atoms with Crippen LogP contribution in [0, 0.1) is 18.3 Å². The van der Waals surface area contributed by atoms with Crippen molar-refractivity contribution in [2.75, 3.05) is 6.61 Å². The van der Waals surface area contributed by atoms with Crippen molar-refractivity contribution in [2.45, 2.75) is 26.4 Å². The minimum atomic E-state index is -0.500. The van der Waals surface area contributed by atoms with Gasteiger partial charge in [-0.1, -0.05) is 53.5 Å². The highest BCUT2D eigenvalue weighted by molar-refractivity contribution is 6.35. The number of fused-ring (bicyclic) bond motifs is 1. The van der Waals surface area contributed by atoms with E-state index in [1.165, 1.54) is 0 Å². The molecule has 3 aromatic carbocycles. The van der Waals surface area contributed by atoms with Crippen molar-refractivity contribution in [1.82, 2.24) is 9.78 Å². The van der Waals surface area contributed by atoms with Crippen molar-refractivity contribution in [3.8, 4) is 29.1 Å². The lowest BCUT2D eigenvalue weighted by molar-refractivity contribution is 0.269. The number of ether oxygens (including phenoxy) is 3. The molecular formula is C29H24Cl2N4O3. The third-order valence-corrected chi connectivity index (χ3v) is 6.82. The Balaban J connectivity index is 1.55. The number of allylic oxidation sites excluding steroid dienone is 1. The maximum absolute atomic E-state index is 10.0. The largest absolute Gasteiger partial charge is 0.490 e. The molecule has 0 radical (unpaired) electrons. The minimum absolute atomic E-state index is 0.0396. The first-order valence-electron chi connectivity index (χ1n) is 12.0. The van der Waals surface area contributed by atoms with Gasteiger partial charge in [-0.25, -0.2) is 4.68 Å². The Hall–Kier alpha value is -4.12. The summed E-state index contributed by atoms with van der Waals surface area (Å²) in [6, 6.07) is 22.7. The van der Waals surface area contributed by atoms with Crippen LogP contribution in [0.2, 0.25) is 10.0 Å². The minimum Gasteiger partial charge on any atom is -0.490 e. The van der Waals surface area contributed by atoms with E-state index >= 15 is 0 Å². The molecule has 1 aliphatic heterocycles. The molecule has 1 aliphatic rings. The van der Waals surface area contributed by atoms with E-state index in [0.717, 1.165) is 28.1 Å². The summed E-state index contributed by atoms with van der Waals surface area (Å²) in [5, 5.41) is 15.8. The summed E-state index contributed by atoms with van der Waals surface area (Å²) in [6.07, 6.45) is 0. The normalized spacial score (nSPS) is 14.4. The van der Waals surface area contributed by atoms with Gasteiger partial charge in [0.05, 0.1) is 29.5 Å². The number of rotatable bonds is 7. The number of hydrogen-bond donors (Lipinski definition) is 1. The Kier molecular flexibility index (Phi) is 7.19. The number of nitrogens with zero attached hydrogens (tertiary/aromatic N) is 3. The van der Waals surface area contributed by atoms with E-state index in [1.807, 2.05) is 68.4 Å². The molecule has 0 saturated heterocycles. The fourth-order valence-corrected chi connectivity index (χ4v) is 4.94. The van der Waals surface area contributed by atoms with Gasteiger partial charge in [-0.05, 0) is 55.8 Å². The van der Waals surface area contributed by atoms with Crippen LogP contribution in [-0.4, -0.2) is 16.4 Å². The standard InChI is InChI=1S/C29H24Cl2N4O3/c1-3-36-25-13-18(10-12-24(25)37-16-19-9-11-20(30)14-23(19)31)27-22(15-32)28(33)38-29-26(27)17(2)34-35(29)21-7-5-4-6-8-21/h4-14,27H,3,16,33H2,1-2H3/t27-/m1/s1. The average molecular weight is 547 g/mol. The molecule has 192 valence electrons. The highest BCUT2D eigenvalue weighted by atomic mass is 35.5. The highest BCUT2D eigenvalue weighted by Gasteiger charge is 2.36. The molecule has 0 unspecified atom stereocenters. The lowest BCUT2D eigenvalue weighted by Crippen LogP contribution is -2.22. The van der Waals surface area contributed by atoms with E-state index in [1.54, 1.807) is 16.8 Å². The van der Waals surface area contributed by atoms with Crippen LogP contribution in [0.15, 0.2) is 78.2 Å². The van der Waals surface area contributed by atoms with E-state index in [9.17, 15) is 5.26 Å². The molecule has 1 atom stereocenters. The number of halogens is 2. The average Bonchev–Trinajstić information content (AvgIpc) is 3.24. The number of para-hydroxylation sites is 1. The van der Waals surface area contributed by atoms with Gasteiger partial charge in [-0.2, -0.15) is 10.4 Å². The van der Waals surface area contributed by atoms with Gasteiger partial charge >= 0.3 is 0 Å². The van der Waals surface area contributed by atoms with E-state index in [4.69, 9.17) is 48.2 Å². The third kappa shape index (κ3) is 4.76. The summed E-state index contributed by atoms with van der Waals surface area (Å²) in [5.74, 6) is 1.09. The predicted molar refractivity (Wildman–Crippen MR) is 146 cm³/mol. The zero-order chi connectivity index (χ0) is 26.8. The monoisotopic (exact) mass is 546 g/mol. The third-order valence-electron chi connectivity index (χ3n) is 6.23. The second-order valence-electron chi connectivity index (χ2n) is 8.64. The van der Waals surface area contributed by atoms with Gasteiger partial charge in [0.2, 0.25) is 11.8 Å². The molecule has 9 heteroatoms. The van der Waals surface area contributed by atoms with Gasteiger partial charge in [0, 0.05) is 15.6 Å². The number of aromatic nitrogens is 2. The summed E-state index contributed by atoms with van der Waals surface area (Å²) >= 11 is 12.3. The number of aryl methyl sites for hydroxylation is 1. The van der Waals surface area contributed by atoms with Crippen LogP contribution in [0.3, 0.4) is 0 Å². The smallest absolute Gasteiger partial charge is 0.229 e. The number of nitriles is 1. The van der Waals surface area contributed by atoms with E-state index in [-0.39, 0.29) is 12.5 Å². The van der Waals surface area contributed by atoms with Gasteiger partial charge in [-0.3, -0.25) is 0 Å². The predicted octanol–water partition coefficient (Wildman–Crippen LogP) is 6.68. The second-order valence-corrected chi connectivity index (χ2v) is 9.48. The van der Waals surface area contributed by atoms with Crippen LogP contribution in [0.1, 0.15) is 35.2 Å². The Morgan fingerprint density at radius 3 is 2.55 bits per heavy atom. The van der Waals surface area contributed by atoms with Crippen molar-refractivity contribution in [3.63, 3.8) is 0 Å². The summed E-state index contributed by atoms with van der Waals surface area (Å²) in [5.41, 5.74) is 10.5. The van der Waals surface area contributed by atoms with Crippen LogP contribution in [-0.2, 0) is 6.61 Å². The lowest BCUT2D eigenvalue weighted by atomic mass is 9.84. The highest BCUT2D eigenvalue weighted by Crippen LogP contribution is 2.46. The van der Waals surface area contributed by atoms with Gasteiger partial charge in [-0.15, -0.1) is 0 Å².